The van der Waals surface area contributed by atoms with Gasteiger partial charge in [-0.1, -0.05) is 65.8 Å². The summed E-state index contributed by atoms with van der Waals surface area (Å²) in [6.45, 7) is 6.49. The van der Waals surface area contributed by atoms with Gasteiger partial charge in [0.05, 0.1) is 11.4 Å². The first-order valence-corrected chi connectivity index (χ1v) is 12.2. The van der Waals surface area contributed by atoms with Crippen LogP contribution in [0.2, 0.25) is 5.02 Å². The number of rotatable bonds is 5. The lowest BCUT2D eigenvalue weighted by Gasteiger charge is -2.34. The number of hydrogen-bond donors (Lipinski definition) is 0. The smallest absolute Gasteiger partial charge is 0.0567 e. The summed E-state index contributed by atoms with van der Waals surface area (Å²) >= 11 is 8.19. The van der Waals surface area contributed by atoms with Gasteiger partial charge in [-0.3, -0.25) is 4.90 Å². The summed E-state index contributed by atoms with van der Waals surface area (Å²) < 4.78 is 0. The van der Waals surface area contributed by atoms with E-state index in [4.69, 9.17) is 11.6 Å². The van der Waals surface area contributed by atoms with Gasteiger partial charge in [0.1, 0.15) is 0 Å². The highest BCUT2D eigenvalue weighted by Gasteiger charge is 2.23. The van der Waals surface area contributed by atoms with E-state index >= 15 is 0 Å². The third-order valence-electron chi connectivity index (χ3n) is 6.23. The Bertz CT molecular complexity index is 1130. The fourth-order valence-corrected chi connectivity index (χ4v) is 5.83. The van der Waals surface area contributed by atoms with Gasteiger partial charge in [-0.25, -0.2) is 0 Å². The molecule has 166 valence electrons. The Hall–Kier alpha value is -1.72. The highest BCUT2D eigenvalue weighted by molar-refractivity contribution is 8.93. The van der Waals surface area contributed by atoms with Crippen molar-refractivity contribution >= 4 is 57.3 Å². The summed E-state index contributed by atoms with van der Waals surface area (Å²) in [5.74, 6) is 0. The van der Waals surface area contributed by atoms with Gasteiger partial charge >= 0.3 is 0 Å². The number of benzene rings is 3. The summed E-state index contributed by atoms with van der Waals surface area (Å²) in [6, 6.07) is 23.7. The largest absolute Gasteiger partial charge is 0.340 e. The second-order valence-electron chi connectivity index (χ2n) is 8.28. The first-order chi connectivity index (χ1) is 15.2. The third-order valence-corrected chi connectivity index (χ3v) is 7.59. The van der Waals surface area contributed by atoms with Crippen LogP contribution in [0.5, 0.6) is 0 Å². The summed E-state index contributed by atoms with van der Waals surface area (Å²) in [7, 11) is 0. The van der Waals surface area contributed by atoms with Crippen LogP contribution in [-0.4, -0.2) is 31.1 Å². The zero-order valence-electron chi connectivity index (χ0n) is 18.3. The molecule has 0 bridgehead atoms. The molecule has 0 unspecified atom stereocenters. The van der Waals surface area contributed by atoms with Crippen molar-refractivity contribution in [3.63, 3.8) is 0 Å². The molecule has 0 saturated heterocycles. The van der Waals surface area contributed by atoms with Gasteiger partial charge in [-0.2, -0.15) is 0 Å². The lowest BCUT2D eigenvalue weighted by molar-refractivity contribution is 0.299. The first-order valence-electron chi connectivity index (χ1n) is 11.0. The first kappa shape index (κ1) is 23.4. The van der Waals surface area contributed by atoms with Crippen LogP contribution in [0.25, 0.3) is 5.57 Å². The van der Waals surface area contributed by atoms with Crippen molar-refractivity contribution in [1.29, 1.82) is 0 Å². The Morgan fingerprint density at radius 3 is 2.50 bits per heavy atom. The van der Waals surface area contributed by atoms with Crippen molar-refractivity contribution in [2.24, 2.45) is 0 Å². The molecule has 0 atom stereocenters. The molecule has 3 aromatic rings. The normalized spacial score (nSPS) is 15.4. The van der Waals surface area contributed by atoms with E-state index in [1.807, 2.05) is 17.8 Å². The third kappa shape index (κ3) is 4.94. The Morgan fingerprint density at radius 2 is 1.69 bits per heavy atom. The lowest BCUT2D eigenvalue weighted by atomic mass is 9.95. The quantitative estimate of drug-likeness (QED) is 0.332. The van der Waals surface area contributed by atoms with Gasteiger partial charge in [0.25, 0.3) is 0 Å². The molecule has 0 fully saturated rings. The van der Waals surface area contributed by atoms with Crippen LogP contribution in [0.3, 0.4) is 0 Å². The lowest BCUT2D eigenvalue weighted by Crippen LogP contribution is -2.32. The topological polar surface area (TPSA) is 6.48 Å². The zero-order valence-corrected chi connectivity index (χ0v) is 21.5. The zero-order chi connectivity index (χ0) is 21.2. The van der Waals surface area contributed by atoms with Crippen molar-refractivity contribution in [2.45, 2.75) is 29.6 Å². The second kappa shape index (κ2) is 10.5. The van der Waals surface area contributed by atoms with Crippen molar-refractivity contribution in [1.82, 2.24) is 4.90 Å². The highest BCUT2D eigenvalue weighted by Crippen LogP contribution is 2.48. The van der Waals surface area contributed by atoms with Crippen LogP contribution in [-0.2, 0) is 0 Å². The molecular weight excluding hydrogens is 500 g/mol. The van der Waals surface area contributed by atoms with E-state index in [1.165, 1.54) is 37.9 Å². The Labute approximate surface area is 211 Å². The monoisotopic (exact) mass is 526 g/mol. The van der Waals surface area contributed by atoms with Crippen molar-refractivity contribution in [2.75, 3.05) is 31.1 Å². The van der Waals surface area contributed by atoms with Crippen LogP contribution < -0.4 is 4.90 Å². The van der Waals surface area contributed by atoms with Crippen LogP contribution in [0.15, 0.2) is 82.6 Å². The van der Waals surface area contributed by atoms with Crippen molar-refractivity contribution < 1.29 is 0 Å². The molecule has 0 saturated carbocycles. The fourth-order valence-electron chi connectivity index (χ4n) is 4.59. The van der Waals surface area contributed by atoms with Gasteiger partial charge in [-0.15, -0.1) is 17.0 Å². The standard InChI is InChI=1S/C27H27ClN2S.BrH/c1-20-7-2-3-8-23(20)21-13-17-29(18-14-21)15-6-16-30-24-9-4-5-10-26(24)31-27-12-11-22(28)19-25(27)30;/h2-5,7-13,19H,6,14-18H2,1H3;1H. The molecule has 0 amide bonds. The molecule has 0 radical (unpaired) electrons. The number of nitrogens with zero attached hydrogens (tertiary/aromatic N) is 2. The molecule has 0 aliphatic carbocycles. The number of aryl methyl sites for hydroxylation is 1. The summed E-state index contributed by atoms with van der Waals surface area (Å²) in [5.41, 5.74) is 6.82. The number of hydrogen-bond acceptors (Lipinski definition) is 3. The second-order valence-corrected chi connectivity index (χ2v) is 9.80. The minimum atomic E-state index is 0. The maximum absolute atomic E-state index is 6.35. The van der Waals surface area contributed by atoms with E-state index < -0.39 is 0 Å². The van der Waals surface area contributed by atoms with E-state index in [1.54, 1.807) is 0 Å². The average molecular weight is 528 g/mol. The van der Waals surface area contributed by atoms with E-state index in [9.17, 15) is 0 Å². The fraction of sp³-hybridized carbons (Fsp3) is 0.259. The summed E-state index contributed by atoms with van der Waals surface area (Å²) in [5, 5.41) is 0.800. The molecule has 2 aliphatic rings. The van der Waals surface area contributed by atoms with Crippen molar-refractivity contribution in [3.8, 4) is 0 Å². The van der Waals surface area contributed by atoms with E-state index in [0.717, 1.165) is 44.0 Å². The molecule has 0 spiro atoms. The van der Waals surface area contributed by atoms with Crippen molar-refractivity contribution in [3.05, 3.63) is 89.0 Å². The van der Waals surface area contributed by atoms with Gasteiger partial charge in [-0.05, 0) is 66.8 Å². The summed E-state index contributed by atoms with van der Waals surface area (Å²) in [6.07, 6.45) is 4.68. The SMILES string of the molecule is Br.Cc1ccccc1C1=CCN(CCCN2c3ccccc3Sc3ccc(Cl)cc32)CC1. The minimum absolute atomic E-state index is 0. The molecule has 32 heavy (non-hydrogen) atoms. The molecule has 5 rings (SSSR count). The number of anilines is 2. The maximum atomic E-state index is 6.35. The predicted molar refractivity (Wildman–Crippen MR) is 144 cm³/mol. The number of fused-ring (bicyclic) bond motifs is 2. The molecule has 5 heteroatoms. The van der Waals surface area contributed by atoms with E-state index in [2.05, 4.69) is 83.5 Å². The van der Waals surface area contributed by atoms with Gasteiger partial charge < -0.3 is 4.90 Å². The molecule has 2 heterocycles. The van der Waals surface area contributed by atoms with Crippen LogP contribution in [0.1, 0.15) is 24.0 Å². The van der Waals surface area contributed by atoms with Crippen LogP contribution >= 0.6 is 40.3 Å². The maximum Gasteiger partial charge on any atom is 0.0567 e. The van der Waals surface area contributed by atoms with E-state index in [0.29, 0.717) is 0 Å². The number of para-hydroxylation sites is 1. The highest BCUT2D eigenvalue weighted by atomic mass is 79.9. The molecule has 2 nitrogen and oxygen atoms in total. The molecule has 0 aromatic heterocycles. The Kier molecular flexibility index (Phi) is 7.67. The Morgan fingerprint density at radius 1 is 0.906 bits per heavy atom. The number of halogens is 2. The summed E-state index contributed by atoms with van der Waals surface area (Å²) in [4.78, 5) is 7.63. The van der Waals surface area contributed by atoms with Crippen LogP contribution in [0, 0.1) is 6.92 Å². The predicted octanol–water partition coefficient (Wildman–Crippen LogP) is 8.01. The van der Waals surface area contributed by atoms with Gasteiger partial charge in [0.2, 0.25) is 0 Å². The van der Waals surface area contributed by atoms with E-state index in [-0.39, 0.29) is 17.0 Å². The molecule has 2 aliphatic heterocycles. The minimum Gasteiger partial charge on any atom is -0.340 e. The molecular formula is C27H28BrClN2S. The Balaban J connectivity index is 0.00000245. The average Bonchev–Trinajstić information content (AvgIpc) is 2.80. The van der Waals surface area contributed by atoms with Gasteiger partial charge in [0, 0.05) is 41.0 Å². The molecule has 0 N–H and O–H groups in total. The van der Waals surface area contributed by atoms with Gasteiger partial charge in [0.15, 0.2) is 0 Å². The molecule has 3 aromatic carbocycles. The van der Waals surface area contributed by atoms with Crippen LogP contribution in [0.4, 0.5) is 11.4 Å².